The van der Waals surface area contributed by atoms with E-state index in [0.717, 1.165) is 20.5 Å². The van der Waals surface area contributed by atoms with Crippen LogP contribution in [0.1, 0.15) is 4.88 Å². The van der Waals surface area contributed by atoms with Gasteiger partial charge in [0.05, 0.1) is 11.9 Å². The lowest BCUT2D eigenvalue weighted by Gasteiger charge is -2.19. The molecule has 0 aliphatic rings. The Kier molecular flexibility index (Phi) is 3.82. The van der Waals surface area contributed by atoms with Crippen LogP contribution in [0.3, 0.4) is 0 Å². The number of thiophene rings is 1. The summed E-state index contributed by atoms with van der Waals surface area (Å²) >= 11 is 1.10. The molecular weight excluding hydrogens is 302 g/mol. The lowest BCUT2D eigenvalue weighted by atomic mass is 10.5. The standard InChI is InChI=1S/C11H13N3O4S2/c1-8-3-4-11(19-8)20(17,18)14(7-10(15)16)9-5-12-13(2)6-9/h3-6H,7H2,1-2H3,(H,15,16). The van der Waals surface area contributed by atoms with Crippen molar-refractivity contribution in [3.8, 4) is 0 Å². The number of carbonyl (C=O) groups is 1. The number of anilines is 1. The van der Waals surface area contributed by atoms with Crippen molar-refractivity contribution >= 4 is 33.0 Å². The zero-order valence-electron chi connectivity index (χ0n) is 10.8. The van der Waals surface area contributed by atoms with Gasteiger partial charge < -0.3 is 5.11 Å². The maximum atomic E-state index is 12.5. The SMILES string of the molecule is Cc1ccc(S(=O)(=O)N(CC(=O)O)c2cnn(C)c2)s1. The Balaban J connectivity index is 2.48. The van der Waals surface area contributed by atoms with Gasteiger partial charge in [0.2, 0.25) is 0 Å². The van der Waals surface area contributed by atoms with Crippen molar-refractivity contribution in [2.45, 2.75) is 11.1 Å². The molecule has 0 unspecified atom stereocenters. The number of aromatic nitrogens is 2. The molecule has 0 atom stereocenters. The maximum Gasteiger partial charge on any atom is 0.324 e. The Morgan fingerprint density at radius 1 is 1.50 bits per heavy atom. The van der Waals surface area contributed by atoms with Crippen LogP contribution < -0.4 is 4.31 Å². The topological polar surface area (TPSA) is 92.5 Å². The van der Waals surface area contributed by atoms with Crippen molar-refractivity contribution in [2.24, 2.45) is 7.05 Å². The van der Waals surface area contributed by atoms with Gasteiger partial charge in [0, 0.05) is 18.1 Å². The molecule has 1 N–H and O–H groups in total. The van der Waals surface area contributed by atoms with Crippen LogP contribution in [0.2, 0.25) is 0 Å². The molecule has 0 saturated carbocycles. The number of aliphatic carboxylic acids is 1. The van der Waals surface area contributed by atoms with E-state index in [1.807, 2.05) is 0 Å². The number of rotatable bonds is 5. The first-order valence-corrected chi connectivity index (χ1v) is 7.86. The highest BCUT2D eigenvalue weighted by atomic mass is 32.2. The molecule has 0 aromatic carbocycles. The van der Waals surface area contributed by atoms with Gasteiger partial charge >= 0.3 is 5.97 Å². The summed E-state index contributed by atoms with van der Waals surface area (Å²) in [4.78, 5) is 11.8. The quantitative estimate of drug-likeness (QED) is 0.891. The van der Waals surface area contributed by atoms with E-state index in [4.69, 9.17) is 5.11 Å². The van der Waals surface area contributed by atoms with E-state index in [1.165, 1.54) is 23.1 Å². The minimum Gasteiger partial charge on any atom is -0.480 e. The predicted octanol–water partition coefficient (Wildman–Crippen LogP) is 1.07. The van der Waals surface area contributed by atoms with E-state index in [2.05, 4.69) is 5.10 Å². The first-order valence-electron chi connectivity index (χ1n) is 5.60. The second-order valence-electron chi connectivity index (χ2n) is 4.14. The Hall–Kier alpha value is -1.87. The number of carboxylic acids is 1. The van der Waals surface area contributed by atoms with Crippen molar-refractivity contribution in [3.05, 3.63) is 29.4 Å². The zero-order valence-corrected chi connectivity index (χ0v) is 12.5. The summed E-state index contributed by atoms with van der Waals surface area (Å²) < 4.78 is 27.4. The van der Waals surface area contributed by atoms with Gasteiger partial charge in [-0.05, 0) is 19.1 Å². The lowest BCUT2D eigenvalue weighted by Crippen LogP contribution is -2.35. The molecule has 2 aromatic heterocycles. The summed E-state index contributed by atoms with van der Waals surface area (Å²) in [5.74, 6) is -1.23. The molecule has 0 fully saturated rings. The molecule has 0 aliphatic heterocycles. The molecule has 2 aromatic rings. The van der Waals surface area contributed by atoms with Gasteiger partial charge in [0.25, 0.3) is 10.0 Å². The average molecular weight is 315 g/mol. The van der Waals surface area contributed by atoms with Crippen LogP contribution in [0.5, 0.6) is 0 Å². The van der Waals surface area contributed by atoms with Gasteiger partial charge in [-0.15, -0.1) is 11.3 Å². The normalized spacial score (nSPS) is 11.5. The van der Waals surface area contributed by atoms with Gasteiger partial charge in [0.15, 0.2) is 0 Å². The van der Waals surface area contributed by atoms with Gasteiger partial charge in [0.1, 0.15) is 10.8 Å². The van der Waals surface area contributed by atoms with Crippen LogP contribution in [0.4, 0.5) is 5.69 Å². The summed E-state index contributed by atoms with van der Waals surface area (Å²) in [5.41, 5.74) is 0.223. The van der Waals surface area contributed by atoms with Gasteiger partial charge in [-0.1, -0.05) is 0 Å². The minimum atomic E-state index is -3.90. The average Bonchev–Trinajstić information content (AvgIpc) is 2.95. The van der Waals surface area contributed by atoms with E-state index in [-0.39, 0.29) is 9.90 Å². The molecule has 0 radical (unpaired) electrons. The molecule has 108 valence electrons. The van der Waals surface area contributed by atoms with Crippen LogP contribution in [-0.4, -0.2) is 35.8 Å². The first kappa shape index (κ1) is 14.5. The smallest absolute Gasteiger partial charge is 0.324 e. The predicted molar refractivity (Wildman–Crippen MR) is 74.4 cm³/mol. The van der Waals surface area contributed by atoms with Crippen molar-refractivity contribution in [2.75, 3.05) is 10.8 Å². The molecule has 2 rings (SSSR count). The summed E-state index contributed by atoms with van der Waals surface area (Å²) in [7, 11) is -2.27. The molecule has 0 spiro atoms. The number of carboxylic acid groups (broad SMARTS) is 1. The molecule has 20 heavy (non-hydrogen) atoms. The highest BCUT2D eigenvalue weighted by Crippen LogP contribution is 2.27. The third-order valence-electron chi connectivity index (χ3n) is 2.52. The molecule has 2 heterocycles. The van der Waals surface area contributed by atoms with E-state index < -0.39 is 22.5 Å². The fourth-order valence-corrected chi connectivity index (χ4v) is 4.42. The monoisotopic (exact) mass is 315 g/mol. The van der Waals surface area contributed by atoms with E-state index in [0.29, 0.717) is 0 Å². The first-order chi connectivity index (χ1) is 9.30. The van der Waals surface area contributed by atoms with Crippen LogP contribution in [0, 0.1) is 6.92 Å². The van der Waals surface area contributed by atoms with Crippen molar-refractivity contribution in [3.63, 3.8) is 0 Å². The minimum absolute atomic E-state index is 0.111. The second kappa shape index (κ2) is 5.25. The fraction of sp³-hybridized carbons (Fsp3) is 0.273. The van der Waals surface area contributed by atoms with Crippen LogP contribution in [-0.2, 0) is 21.9 Å². The Morgan fingerprint density at radius 2 is 2.20 bits per heavy atom. The van der Waals surface area contributed by atoms with Gasteiger partial charge in [-0.3, -0.25) is 13.8 Å². The van der Waals surface area contributed by atoms with Crippen molar-refractivity contribution in [1.82, 2.24) is 9.78 Å². The number of nitrogens with zero attached hydrogens (tertiary/aromatic N) is 3. The van der Waals surface area contributed by atoms with Gasteiger partial charge in [-0.2, -0.15) is 5.10 Å². The van der Waals surface area contributed by atoms with Gasteiger partial charge in [-0.25, -0.2) is 8.42 Å². The van der Waals surface area contributed by atoms with E-state index in [9.17, 15) is 13.2 Å². The second-order valence-corrected chi connectivity index (χ2v) is 7.52. The molecule has 0 aliphatic carbocycles. The molecule has 7 nitrogen and oxygen atoms in total. The summed E-state index contributed by atoms with van der Waals surface area (Å²) in [5, 5.41) is 12.8. The Labute approximate surface area is 120 Å². The summed E-state index contributed by atoms with van der Waals surface area (Å²) in [6.07, 6.45) is 2.78. The summed E-state index contributed by atoms with van der Waals surface area (Å²) in [6.45, 7) is 1.14. The van der Waals surface area contributed by atoms with Crippen LogP contribution in [0.25, 0.3) is 0 Å². The maximum absolute atomic E-state index is 12.5. The zero-order chi connectivity index (χ0) is 14.9. The Morgan fingerprint density at radius 3 is 2.65 bits per heavy atom. The fourth-order valence-electron chi connectivity index (χ4n) is 1.63. The molecule has 0 amide bonds. The van der Waals surface area contributed by atoms with E-state index in [1.54, 1.807) is 20.0 Å². The largest absolute Gasteiger partial charge is 0.480 e. The van der Waals surface area contributed by atoms with Crippen molar-refractivity contribution < 1.29 is 18.3 Å². The molecular formula is C11H13N3O4S2. The number of sulfonamides is 1. The van der Waals surface area contributed by atoms with E-state index >= 15 is 0 Å². The molecule has 0 saturated heterocycles. The Bertz CT molecular complexity index is 732. The summed E-state index contributed by atoms with van der Waals surface area (Å²) in [6, 6.07) is 3.15. The van der Waals surface area contributed by atoms with Crippen LogP contribution >= 0.6 is 11.3 Å². The lowest BCUT2D eigenvalue weighted by molar-refractivity contribution is -0.135. The highest BCUT2D eigenvalue weighted by molar-refractivity contribution is 7.94. The number of aryl methyl sites for hydroxylation is 2. The number of hydrogen-bond donors (Lipinski definition) is 1. The van der Waals surface area contributed by atoms with Crippen molar-refractivity contribution in [1.29, 1.82) is 0 Å². The third kappa shape index (κ3) is 2.83. The highest BCUT2D eigenvalue weighted by Gasteiger charge is 2.29. The number of hydrogen-bond acceptors (Lipinski definition) is 5. The van der Waals surface area contributed by atoms with Crippen LogP contribution in [0.15, 0.2) is 28.7 Å². The molecule has 0 bridgehead atoms. The third-order valence-corrected chi connectivity index (χ3v) is 5.76. The molecule has 9 heteroatoms.